The first-order valence-corrected chi connectivity index (χ1v) is 3.49. The highest BCUT2D eigenvalue weighted by Crippen LogP contribution is 2.20. The van der Waals surface area contributed by atoms with Crippen molar-refractivity contribution in [2.24, 2.45) is 0 Å². The van der Waals surface area contributed by atoms with Gasteiger partial charge in [-0.25, -0.2) is 4.39 Å². The number of ether oxygens (including phenoxy) is 1. The first-order chi connectivity index (χ1) is 5.20. The van der Waals surface area contributed by atoms with E-state index in [1.54, 1.807) is 0 Å². The summed E-state index contributed by atoms with van der Waals surface area (Å²) in [5.74, 6) is 0. The molecule has 0 bridgehead atoms. The van der Waals surface area contributed by atoms with Crippen LogP contribution in [-0.4, -0.2) is 31.0 Å². The molecular weight excluding hydrogens is 151 g/mol. The van der Waals surface area contributed by atoms with Crippen LogP contribution in [0.5, 0.6) is 0 Å². The summed E-state index contributed by atoms with van der Waals surface area (Å²) in [6.45, 7) is 0.375. The zero-order chi connectivity index (χ0) is 8.69. The number of carbonyl (C=O) groups is 1. The third-order valence-corrected chi connectivity index (χ3v) is 1.44. The molecule has 4 heteroatoms. The minimum absolute atomic E-state index is 0.352. The fraction of sp³-hybridized carbons (Fsp3) is 0.857. The van der Waals surface area contributed by atoms with Crippen molar-refractivity contribution in [1.82, 2.24) is 0 Å². The summed E-state index contributed by atoms with van der Waals surface area (Å²) in [6.07, 6.45) is 0.493. The molecule has 2 unspecified atom stereocenters. The molecule has 0 aliphatic heterocycles. The maximum Gasteiger partial charge on any atom is 0.292 e. The highest BCUT2D eigenvalue weighted by molar-refractivity contribution is 5.36. The number of alkyl halides is 1. The molecule has 1 N–H and O–H groups in total. The van der Waals surface area contributed by atoms with Crippen LogP contribution >= 0.6 is 0 Å². The van der Waals surface area contributed by atoms with E-state index in [9.17, 15) is 4.39 Å². The Morgan fingerprint density at radius 2 is 2.18 bits per heavy atom. The van der Waals surface area contributed by atoms with Gasteiger partial charge in [-0.1, -0.05) is 0 Å². The van der Waals surface area contributed by atoms with Crippen LogP contribution in [0.15, 0.2) is 0 Å². The molecule has 0 aromatic carbocycles. The normalized spacial score (nSPS) is 28.6. The van der Waals surface area contributed by atoms with Crippen molar-refractivity contribution < 1.29 is 19.0 Å². The van der Waals surface area contributed by atoms with Gasteiger partial charge in [0.25, 0.3) is 6.47 Å². The predicted molar refractivity (Wildman–Crippen MR) is 37.8 cm³/mol. The lowest BCUT2D eigenvalue weighted by atomic mass is 10.3. The zero-order valence-electron chi connectivity index (χ0n) is 6.50. The van der Waals surface area contributed by atoms with Gasteiger partial charge in [0, 0.05) is 6.42 Å². The van der Waals surface area contributed by atoms with Crippen molar-refractivity contribution in [2.45, 2.75) is 31.5 Å². The van der Waals surface area contributed by atoms with Crippen molar-refractivity contribution in [2.75, 3.05) is 7.11 Å². The summed E-state index contributed by atoms with van der Waals surface area (Å²) in [5.41, 5.74) is 0. The van der Waals surface area contributed by atoms with Gasteiger partial charge in [-0.3, -0.25) is 4.79 Å². The second-order valence-corrected chi connectivity index (χ2v) is 2.40. The first kappa shape index (κ1) is 10.4. The van der Waals surface area contributed by atoms with E-state index in [-0.39, 0.29) is 6.10 Å². The molecule has 1 fully saturated rings. The molecule has 11 heavy (non-hydrogen) atoms. The van der Waals surface area contributed by atoms with Crippen LogP contribution in [0, 0.1) is 0 Å². The Labute approximate surface area is 65.2 Å². The Morgan fingerprint density at radius 1 is 1.64 bits per heavy atom. The van der Waals surface area contributed by atoms with Crippen LogP contribution in [-0.2, 0) is 9.53 Å². The molecule has 0 aromatic heterocycles. The summed E-state index contributed by atoms with van der Waals surface area (Å²) in [5, 5.41) is 8.66. The van der Waals surface area contributed by atoms with Gasteiger partial charge in [-0.15, -0.1) is 0 Å². The van der Waals surface area contributed by atoms with Gasteiger partial charge in [0.1, 0.15) is 6.17 Å². The Morgan fingerprint density at radius 3 is 2.27 bits per heavy atom. The molecule has 0 radical (unpaired) electrons. The molecule has 1 aliphatic rings. The highest BCUT2D eigenvalue weighted by Gasteiger charge is 2.21. The maximum absolute atomic E-state index is 12.0. The minimum atomic E-state index is -0.727. The molecule has 0 spiro atoms. The molecule has 0 heterocycles. The summed E-state index contributed by atoms with van der Waals surface area (Å²) in [7, 11) is 1.31. The minimum Gasteiger partial charge on any atom is -0.471 e. The lowest BCUT2D eigenvalue weighted by Crippen LogP contribution is -1.98. The van der Waals surface area contributed by atoms with E-state index < -0.39 is 6.17 Å². The number of carbonyl (C=O) groups excluding carboxylic acids is 1. The van der Waals surface area contributed by atoms with Gasteiger partial charge >= 0.3 is 0 Å². The Bertz CT molecular complexity index is 99.9. The highest BCUT2D eigenvalue weighted by atomic mass is 19.1. The van der Waals surface area contributed by atoms with Crippen molar-refractivity contribution in [3.8, 4) is 0 Å². The van der Waals surface area contributed by atoms with Crippen LogP contribution in [0.3, 0.4) is 0 Å². The fourth-order valence-corrected chi connectivity index (χ4v) is 0.904. The number of hydrogen-bond acceptors (Lipinski definition) is 3. The molecule has 0 amide bonds. The van der Waals surface area contributed by atoms with Crippen LogP contribution in [0.2, 0.25) is 0 Å². The number of rotatable bonds is 1. The standard InChI is InChI=1S/C5H9FO.C2H4O2/c6-4-1-2-5(7)3-4;1-4-2-3/h4-5,7H,1-3H2;2H,1H3. The number of hydrogen-bond donors (Lipinski definition) is 1. The van der Waals surface area contributed by atoms with Gasteiger partial charge in [0.05, 0.1) is 13.2 Å². The van der Waals surface area contributed by atoms with Crippen LogP contribution in [0.25, 0.3) is 0 Å². The lowest BCUT2D eigenvalue weighted by Gasteiger charge is -1.93. The maximum atomic E-state index is 12.0. The summed E-state index contributed by atoms with van der Waals surface area (Å²) >= 11 is 0. The number of halogens is 1. The van der Waals surface area contributed by atoms with E-state index in [0.717, 1.165) is 0 Å². The molecular formula is C7H13FO3. The van der Waals surface area contributed by atoms with E-state index in [0.29, 0.717) is 25.7 Å². The topological polar surface area (TPSA) is 46.5 Å². The molecule has 0 saturated heterocycles. The largest absolute Gasteiger partial charge is 0.471 e. The molecule has 1 rings (SSSR count). The van der Waals surface area contributed by atoms with Crippen LogP contribution in [0.4, 0.5) is 4.39 Å². The smallest absolute Gasteiger partial charge is 0.292 e. The second kappa shape index (κ2) is 6.09. The fourth-order valence-electron chi connectivity index (χ4n) is 0.904. The van der Waals surface area contributed by atoms with Crippen molar-refractivity contribution >= 4 is 6.47 Å². The van der Waals surface area contributed by atoms with Crippen molar-refractivity contribution in [1.29, 1.82) is 0 Å². The Balaban J connectivity index is 0.000000218. The van der Waals surface area contributed by atoms with Gasteiger partial charge < -0.3 is 9.84 Å². The van der Waals surface area contributed by atoms with Crippen LogP contribution < -0.4 is 0 Å². The van der Waals surface area contributed by atoms with E-state index in [1.165, 1.54) is 7.11 Å². The molecule has 0 aromatic rings. The summed E-state index contributed by atoms with van der Waals surface area (Å²) in [6, 6.07) is 0. The van der Waals surface area contributed by atoms with Gasteiger partial charge in [0.2, 0.25) is 0 Å². The molecule has 1 saturated carbocycles. The predicted octanol–water partition coefficient (Wildman–Crippen LogP) is 0.658. The van der Waals surface area contributed by atoms with E-state index in [2.05, 4.69) is 4.74 Å². The van der Waals surface area contributed by atoms with E-state index in [1.807, 2.05) is 0 Å². The lowest BCUT2D eigenvalue weighted by molar-refractivity contribution is -0.126. The molecule has 1 aliphatic carbocycles. The zero-order valence-corrected chi connectivity index (χ0v) is 6.50. The van der Waals surface area contributed by atoms with E-state index >= 15 is 0 Å². The average Bonchev–Trinajstić information content (AvgIpc) is 2.35. The van der Waals surface area contributed by atoms with E-state index in [4.69, 9.17) is 9.90 Å². The SMILES string of the molecule is COC=O.OC1CCC(F)C1. The molecule has 3 nitrogen and oxygen atoms in total. The quantitative estimate of drug-likeness (QED) is 0.579. The molecule has 2 atom stereocenters. The van der Waals surface area contributed by atoms with Crippen LogP contribution in [0.1, 0.15) is 19.3 Å². The monoisotopic (exact) mass is 164 g/mol. The first-order valence-electron chi connectivity index (χ1n) is 3.49. The van der Waals surface area contributed by atoms with Crippen molar-refractivity contribution in [3.05, 3.63) is 0 Å². The van der Waals surface area contributed by atoms with Gasteiger partial charge in [-0.05, 0) is 12.8 Å². The number of aliphatic hydroxyl groups excluding tert-OH is 1. The van der Waals surface area contributed by atoms with Gasteiger partial charge in [-0.2, -0.15) is 0 Å². The third-order valence-electron chi connectivity index (χ3n) is 1.44. The number of methoxy groups -OCH3 is 1. The number of aliphatic hydroxyl groups is 1. The van der Waals surface area contributed by atoms with Crippen molar-refractivity contribution in [3.63, 3.8) is 0 Å². The summed E-state index contributed by atoms with van der Waals surface area (Å²) in [4.78, 5) is 8.95. The Kier molecular flexibility index (Phi) is 5.74. The third kappa shape index (κ3) is 5.79. The average molecular weight is 164 g/mol. The molecule has 66 valence electrons. The van der Waals surface area contributed by atoms with Gasteiger partial charge in [0.15, 0.2) is 0 Å². The summed E-state index contributed by atoms with van der Waals surface area (Å²) < 4.78 is 15.9. The second-order valence-electron chi connectivity index (χ2n) is 2.40. The Hall–Kier alpha value is -0.640.